The van der Waals surface area contributed by atoms with Gasteiger partial charge in [-0.1, -0.05) is 12.1 Å². The smallest absolute Gasteiger partial charge is 0.204 e. The number of benzene rings is 3. The van der Waals surface area contributed by atoms with Crippen LogP contribution in [0.15, 0.2) is 67.1 Å². The van der Waals surface area contributed by atoms with Crippen LogP contribution in [0.3, 0.4) is 0 Å². The molecular formula is C25H22N4O3S. The number of nitrogens with two attached hydrogens (primary N) is 1. The molecule has 0 aliphatic heterocycles. The molecule has 0 unspecified atom stereocenters. The normalized spacial score (nSPS) is 11.0. The van der Waals surface area contributed by atoms with Crippen LogP contribution in [0.4, 0.5) is 5.69 Å². The van der Waals surface area contributed by atoms with Crippen molar-refractivity contribution in [3.63, 3.8) is 0 Å². The second-order valence-electron chi connectivity index (χ2n) is 7.33. The van der Waals surface area contributed by atoms with E-state index in [9.17, 15) is 0 Å². The molecule has 0 spiro atoms. The Labute approximate surface area is 195 Å². The van der Waals surface area contributed by atoms with Crippen molar-refractivity contribution in [1.29, 1.82) is 0 Å². The van der Waals surface area contributed by atoms with E-state index in [1.54, 1.807) is 32.7 Å². The van der Waals surface area contributed by atoms with Gasteiger partial charge in [0.05, 0.1) is 45.1 Å². The standard InChI is InChI=1S/C25H22N4O3S/c1-30-21-12-19-24(23(32-3)22(21)31-2)33-25(28-19)16-6-10-18(11-7-16)29-14-27-13-20(29)15-4-8-17(26)9-5-15/h4-14H,26H2,1-3H3. The second-order valence-corrected chi connectivity index (χ2v) is 8.33. The first-order valence-corrected chi connectivity index (χ1v) is 11.0. The number of anilines is 1. The number of aromatic nitrogens is 3. The van der Waals surface area contributed by atoms with Crippen molar-refractivity contribution < 1.29 is 14.2 Å². The highest BCUT2D eigenvalue weighted by molar-refractivity contribution is 7.22. The van der Waals surface area contributed by atoms with Gasteiger partial charge in [0, 0.05) is 28.6 Å². The van der Waals surface area contributed by atoms with Crippen molar-refractivity contribution >= 4 is 27.2 Å². The Kier molecular flexibility index (Phi) is 5.35. The van der Waals surface area contributed by atoms with Crippen molar-refractivity contribution in [1.82, 2.24) is 14.5 Å². The van der Waals surface area contributed by atoms with Gasteiger partial charge in [0.2, 0.25) is 5.75 Å². The van der Waals surface area contributed by atoms with E-state index in [-0.39, 0.29) is 0 Å². The summed E-state index contributed by atoms with van der Waals surface area (Å²) in [4.78, 5) is 9.16. The minimum Gasteiger partial charge on any atom is -0.493 e. The second kappa shape index (κ2) is 8.48. The van der Waals surface area contributed by atoms with Gasteiger partial charge >= 0.3 is 0 Å². The number of hydrogen-bond donors (Lipinski definition) is 1. The first-order valence-electron chi connectivity index (χ1n) is 10.2. The number of nitrogen functional groups attached to an aromatic ring is 1. The Morgan fingerprint density at radius 1 is 0.848 bits per heavy atom. The first kappa shape index (κ1) is 20.8. The van der Waals surface area contributed by atoms with Crippen molar-refractivity contribution in [2.45, 2.75) is 0 Å². The van der Waals surface area contributed by atoms with Gasteiger partial charge in [0.1, 0.15) is 9.71 Å². The van der Waals surface area contributed by atoms with Crippen LogP contribution in [0.1, 0.15) is 0 Å². The summed E-state index contributed by atoms with van der Waals surface area (Å²) in [5, 5.41) is 0.884. The molecule has 3 aromatic carbocycles. The SMILES string of the molecule is COc1cc2nc(-c3ccc(-n4cncc4-c4ccc(N)cc4)cc3)sc2c(OC)c1OC. The zero-order valence-electron chi connectivity index (χ0n) is 18.4. The highest BCUT2D eigenvalue weighted by Crippen LogP contribution is 2.46. The van der Waals surface area contributed by atoms with Gasteiger partial charge < -0.3 is 19.9 Å². The van der Waals surface area contributed by atoms with Crippen LogP contribution >= 0.6 is 11.3 Å². The summed E-state index contributed by atoms with van der Waals surface area (Å²) in [7, 11) is 4.82. The Morgan fingerprint density at radius 2 is 1.55 bits per heavy atom. The number of imidazole rings is 1. The third-order valence-electron chi connectivity index (χ3n) is 5.42. The maximum Gasteiger partial charge on any atom is 0.204 e. The fourth-order valence-corrected chi connectivity index (χ4v) is 4.85. The molecule has 2 N–H and O–H groups in total. The molecular weight excluding hydrogens is 436 g/mol. The van der Waals surface area contributed by atoms with E-state index >= 15 is 0 Å². The molecule has 0 atom stereocenters. The number of nitrogens with zero attached hydrogens (tertiary/aromatic N) is 3. The number of hydrogen-bond acceptors (Lipinski definition) is 7. The van der Waals surface area contributed by atoms with Gasteiger partial charge in [0.25, 0.3) is 0 Å². The van der Waals surface area contributed by atoms with Crippen molar-refractivity contribution in [3.05, 3.63) is 67.1 Å². The molecule has 0 saturated heterocycles. The molecule has 5 aromatic rings. The van der Waals surface area contributed by atoms with Gasteiger partial charge in [-0.2, -0.15) is 0 Å². The molecule has 7 nitrogen and oxygen atoms in total. The summed E-state index contributed by atoms with van der Waals surface area (Å²) < 4.78 is 19.5. The van der Waals surface area contributed by atoms with Crippen LogP contribution in [-0.4, -0.2) is 35.9 Å². The van der Waals surface area contributed by atoms with Gasteiger partial charge in [-0.3, -0.25) is 4.57 Å². The van der Waals surface area contributed by atoms with E-state index in [0.29, 0.717) is 17.2 Å². The Morgan fingerprint density at radius 3 is 2.21 bits per heavy atom. The highest BCUT2D eigenvalue weighted by Gasteiger charge is 2.20. The summed E-state index contributed by atoms with van der Waals surface area (Å²) in [5.74, 6) is 1.77. The molecule has 2 heterocycles. The van der Waals surface area contributed by atoms with Crippen molar-refractivity contribution in [3.8, 4) is 44.8 Å². The molecule has 8 heteroatoms. The average Bonchev–Trinajstić information content (AvgIpc) is 3.50. The molecule has 0 bridgehead atoms. The summed E-state index contributed by atoms with van der Waals surface area (Å²) in [6.07, 6.45) is 3.65. The zero-order chi connectivity index (χ0) is 22.9. The molecule has 166 valence electrons. The average molecular weight is 459 g/mol. The van der Waals surface area contributed by atoms with E-state index in [1.165, 1.54) is 0 Å². The largest absolute Gasteiger partial charge is 0.493 e. The first-order chi connectivity index (χ1) is 16.1. The number of ether oxygens (including phenoxy) is 3. The third-order valence-corrected chi connectivity index (χ3v) is 6.54. The van der Waals surface area contributed by atoms with Gasteiger partial charge in [0.15, 0.2) is 11.5 Å². The van der Waals surface area contributed by atoms with Gasteiger partial charge in [-0.25, -0.2) is 9.97 Å². The molecule has 0 saturated carbocycles. The lowest BCUT2D eigenvalue weighted by Gasteiger charge is -2.11. The van der Waals surface area contributed by atoms with Gasteiger partial charge in [-0.05, 0) is 36.4 Å². The van der Waals surface area contributed by atoms with E-state index in [1.807, 2.05) is 47.4 Å². The minimum absolute atomic E-state index is 0.563. The molecule has 0 aliphatic carbocycles. The number of rotatable bonds is 6. The molecule has 5 rings (SSSR count). The van der Waals surface area contributed by atoms with Crippen LogP contribution in [0.5, 0.6) is 17.2 Å². The summed E-state index contributed by atoms with van der Waals surface area (Å²) >= 11 is 1.55. The quantitative estimate of drug-likeness (QED) is 0.342. The lowest BCUT2D eigenvalue weighted by Crippen LogP contribution is -1.95. The molecule has 0 fully saturated rings. The Balaban J connectivity index is 1.52. The van der Waals surface area contributed by atoms with Gasteiger partial charge in [-0.15, -0.1) is 11.3 Å². The summed E-state index contributed by atoms with van der Waals surface area (Å²) in [5.41, 5.74) is 11.4. The molecule has 2 aromatic heterocycles. The maximum atomic E-state index is 5.83. The van der Waals surface area contributed by atoms with Crippen LogP contribution in [0.25, 0.3) is 37.7 Å². The van der Waals surface area contributed by atoms with E-state index in [0.717, 1.165) is 43.4 Å². The molecule has 33 heavy (non-hydrogen) atoms. The van der Waals surface area contributed by atoms with E-state index in [4.69, 9.17) is 24.9 Å². The van der Waals surface area contributed by atoms with Crippen LogP contribution in [-0.2, 0) is 0 Å². The molecule has 0 aliphatic rings. The lowest BCUT2D eigenvalue weighted by atomic mass is 10.1. The van der Waals surface area contributed by atoms with Crippen LogP contribution < -0.4 is 19.9 Å². The van der Waals surface area contributed by atoms with Crippen molar-refractivity contribution in [2.24, 2.45) is 0 Å². The summed E-state index contributed by atoms with van der Waals surface area (Å²) in [6, 6.07) is 17.9. The lowest BCUT2D eigenvalue weighted by molar-refractivity contribution is 0.327. The molecule has 0 radical (unpaired) electrons. The molecule has 0 amide bonds. The third kappa shape index (κ3) is 3.64. The fourth-order valence-electron chi connectivity index (χ4n) is 3.78. The highest BCUT2D eigenvalue weighted by atomic mass is 32.1. The maximum absolute atomic E-state index is 5.83. The monoisotopic (exact) mass is 458 g/mol. The van der Waals surface area contributed by atoms with E-state index < -0.39 is 0 Å². The predicted octanol–water partition coefficient (Wildman–Crippen LogP) is 5.42. The number of fused-ring (bicyclic) bond motifs is 1. The van der Waals surface area contributed by atoms with Crippen LogP contribution in [0, 0.1) is 0 Å². The van der Waals surface area contributed by atoms with E-state index in [2.05, 4.69) is 29.2 Å². The Bertz CT molecular complexity index is 1420. The fraction of sp³-hybridized carbons (Fsp3) is 0.120. The van der Waals surface area contributed by atoms with Crippen LogP contribution in [0.2, 0.25) is 0 Å². The van der Waals surface area contributed by atoms with Crippen molar-refractivity contribution in [2.75, 3.05) is 27.1 Å². The topological polar surface area (TPSA) is 84.4 Å². The predicted molar refractivity (Wildman–Crippen MR) is 132 cm³/mol. The minimum atomic E-state index is 0.563. The summed E-state index contributed by atoms with van der Waals surface area (Å²) in [6.45, 7) is 0. The zero-order valence-corrected chi connectivity index (χ0v) is 19.2. The Hall–Kier alpha value is -4.04. The number of methoxy groups -OCH3 is 3. The number of thiazole rings is 1.